The van der Waals surface area contributed by atoms with E-state index in [1.54, 1.807) is 12.1 Å². The molecule has 0 fully saturated rings. The summed E-state index contributed by atoms with van der Waals surface area (Å²) in [5, 5.41) is 5.53. The van der Waals surface area contributed by atoms with Gasteiger partial charge in [0.2, 0.25) is 0 Å². The van der Waals surface area contributed by atoms with E-state index in [2.05, 4.69) is 10.6 Å². The van der Waals surface area contributed by atoms with E-state index in [1.165, 1.54) is 0 Å². The largest absolute Gasteiger partial charge is 0.444 e. The van der Waals surface area contributed by atoms with Gasteiger partial charge in [0.05, 0.1) is 5.56 Å². The molecule has 0 spiro atoms. The Morgan fingerprint density at radius 2 is 2.00 bits per heavy atom. The van der Waals surface area contributed by atoms with E-state index < -0.39 is 11.7 Å². The van der Waals surface area contributed by atoms with Gasteiger partial charge in [0.1, 0.15) is 5.60 Å². The van der Waals surface area contributed by atoms with Gasteiger partial charge in [-0.2, -0.15) is 0 Å². The lowest BCUT2D eigenvalue weighted by Gasteiger charge is -2.20. The van der Waals surface area contributed by atoms with Crippen LogP contribution in [0, 0.1) is 0 Å². The number of ether oxygens (including phenoxy) is 1. The summed E-state index contributed by atoms with van der Waals surface area (Å²) in [6.45, 7) is 5.87. The lowest BCUT2D eigenvalue weighted by atomic mass is 9.95. The quantitative estimate of drug-likeness (QED) is 0.730. The Balaban J connectivity index is 1.91. The summed E-state index contributed by atoms with van der Waals surface area (Å²) in [5.74, 6) is -0.155. The van der Waals surface area contributed by atoms with Gasteiger partial charge in [-0.15, -0.1) is 0 Å². The maximum atomic E-state index is 12.0. The summed E-state index contributed by atoms with van der Waals surface area (Å²) in [6.07, 6.45) is -0.510. The van der Waals surface area contributed by atoms with Crippen LogP contribution in [-0.4, -0.2) is 17.6 Å². The van der Waals surface area contributed by atoms with E-state index in [9.17, 15) is 9.59 Å². The van der Waals surface area contributed by atoms with Crippen LogP contribution in [0.4, 0.5) is 16.2 Å². The zero-order chi connectivity index (χ0) is 18.2. The van der Waals surface area contributed by atoms with E-state index in [1.807, 2.05) is 45.0 Å². The average molecular weight is 339 g/mol. The smallest absolute Gasteiger partial charge is 0.412 e. The first kappa shape index (κ1) is 16.8. The molecule has 130 valence electrons. The second-order valence-corrected chi connectivity index (χ2v) is 6.95. The Kier molecular flexibility index (Phi) is 4.12. The maximum Gasteiger partial charge on any atom is 0.412 e. The van der Waals surface area contributed by atoms with Gasteiger partial charge in [0.25, 0.3) is 5.91 Å². The van der Waals surface area contributed by atoms with Gasteiger partial charge in [-0.05, 0) is 55.7 Å². The summed E-state index contributed by atoms with van der Waals surface area (Å²) >= 11 is 0. The van der Waals surface area contributed by atoms with Crippen LogP contribution < -0.4 is 16.4 Å². The number of rotatable bonds is 2. The molecule has 2 amide bonds. The van der Waals surface area contributed by atoms with Crippen molar-refractivity contribution in [3.05, 3.63) is 47.5 Å². The molecular weight excluding hydrogens is 318 g/mol. The number of nitrogens with one attached hydrogen (secondary N) is 2. The molecule has 2 aromatic carbocycles. The predicted octanol–water partition coefficient (Wildman–Crippen LogP) is 3.53. The first-order chi connectivity index (χ1) is 11.7. The number of anilines is 2. The van der Waals surface area contributed by atoms with Crippen LogP contribution >= 0.6 is 0 Å². The summed E-state index contributed by atoms with van der Waals surface area (Å²) in [5.41, 5.74) is 9.66. The Bertz CT molecular complexity index is 853. The lowest BCUT2D eigenvalue weighted by Crippen LogP contribution is -2.27. The van der Waals surface area contributed by atoms with Crippen LogP contribution in [0.25, 0.3) is 11.1 Å². The molecule has 0 bridgehead atoms. The van der Waals surface area contributed by atoms with Gasteiger partial charge in [0, 0.05) is 17.9 Å². The summed E-state index contributed by atoms with van der Waals surface area (Å²) in [4.78, 5) is 23.9. The van der Waals surface area contributed by atoms with Crippen molar-refractivity contribution in [2.75, 3.05) is 11.1 Å². The van der Waals surface area contributed by atoms with Crippen molar-refractivity contribution in [2.45, 2.75) is 32.9 Å². The number of nitrogen functional groups attached to an aromatic ring is 1. The Hall–Kier alpha value is -3.02. The fraction of sp³-hybridized carbons (Fsp3) is 0.263. The highest BCUT2D eigenvalue weighted by atomic mass is 16.6. The fourth-order valence-electron chi connectivity index (χ4n) is 2.83. The van der Waals surface area contributed by atoms with Crippen LogP contribution in [0.5, 0.6) is 0 Å². The molecule has 1 aliphatic heterocycles. The van der Waals surface area contributed by atoms with E-state index in [0.29, 0.717) is 23.5 Å². The second-order valence-electron chi connectivity index (χ2n) is 6.95. The molecular formula is C19H21N3O3. The lowest BCUT2D eigenvalue weighted by molar-refractivity contribution is 0.0635. The summed E-state index contributed by atoms with van der Waals surface area (Å²) in [7, 11) is 0. The van der Waals surface area contributed by atoms with Crippen molar-refractivity contribution in [1.29, 1.82) is 0 Å². The van der Waals surface area contributed by atoms with E-state index in [-0.39, 0.29) is 5.91 Å². The molecule has 2 aromatic rings. The van der Waals surface area contributed by atoms with Gasteiger partial charge in [-0.25, -0.2) is 4.79 Å². The van der Waals surface area contributed by atoms with E-state index in [0.717, 1.165) is 16.7 Å². The molecule has 0 aliphatic carbocycles. The van der Waals surface area contributed by atoms with Gasteiger partial charge in [-0.1, -0.05) is 18.2 Å². The van der Waals surface area contributed by atoms with Crippen molar-refractivity contribution in [3.63, 3.8) is 0 Å². The second kappa shape index (κ2) is 6.12. The number of hydrogen-bond donors (Lipinski definition) is 3. The van der Waals surface area contributed by atoms with Gasteiger partial charge in [0.15, 0.2) is 0 Å². The van der Waals surface area contributed by atoms with Crippen molar-refractivity contribution in [2.24, 2.45) is 0 Å². The molecule has 6 heteroatoms. The molecule has 3 rings (SSSR count). The molecule has 0 atom stereocenters. The molecule has 1 aliphatic rings. The normalized spacial score (nSPS) is 13.2. The van der Waals surface area contributed by atoms with Gasteiger partial charge < -0.3 is 15.8 Å². The van der Waals surface area contributed by atoms with Gasteiger partial charge in [-0.3, -0.25) is 10.1 Å². The first-order valence-corrected chi connectivity index (χ1v) is 8.04. The number of carbonyl (C=O) groups is 2. The molecule has 4 N–H and O–H groups in total. The van der Waals surface area contributed by atoms with Crippen LogP contribution in [0.15, 0.2) is 36.4 Å². The van der Waals surface area contributed by atoms with Crippen LogP contribution in [0.2, 0.25) is 0 Å². The van der Waals surface area contributed by atoms with Crippen molar-refractivity contribution >= 4 is 23.4 Å². The van der Waals surface area contributed by atoms with Gasteiger partial charge >= 0.3 is 6.09 Å². The third-order valence-corrected chi connectivity index (χ3v) is 3.82. The summed E-state index contributed by atoms with van der Waals surface area (Å²) < 4.78 is 5.27. The highest BCUT2D eigenvalue weighted by Crippen LogP contribution is 2.33. The zero-order valence-electron chi connectivity index (χ0n) is 14.5. The number of nitrogens with two attached hydrogens (primary N) is 1. The number of amides is 2. The molecule has 0 unspecified atom stereocenters. The number of benzene rings is 2. The molecule has 0 saturated heterocycles. The van der Waals surface area contributed by atoms with Crippen LogP contribution in [0.3, 0.4) is 0 Å². The minimum atomic E-state index is -0.564. The Labute approximate surface area is 146 Å². The number of carbonyl (C=O) groups excluding carboxylic acids is 2. The number of hydrogen-bond acceptors (Lipinski definition) is 4. The van der Waals surface area contributed by atoms with Crippen molar-refractivity contribution in [3.8, 4) is 11.1 Å². The van der Waals surface area contributed by atoms with Crippen molar-refractivity contribution < 1.29 is 14.3 Å². The molecule has 0 saturated carbocycles. The third kappa shape index (κ3) is 3.57. The molecule has 25 heavy (non-hydrogen) atoms. The Morgan fingerprint density at radius 3 is 2.72 bits per heavy atom. The summed E-state index contributed by atoms with van der Waals surface area (Å²) in [6, 6.07) is 11.0. The maximum absolute atomic E-state index is 12.0. The monoisotopic (exact) mass is 339 g/mol. The van der Waals surface area contributed by atoms with E-state index >= 15 is 0 Å². The molecule has 0 aromatic heterocycles. The topological polar surface area (TPSA) is 93.4 Å². The SMILES string of the molecule is CC(C)(C)OC(=O)Nc1cccc(-c2ccc(N)c3c2CNC3=O)c1. The molecule has 6 nitrogen and oxygen atoms in total. The number of fused-ring (bicyclic) bond motifs is 1. The minimum Gasteiger partial charge on any atom is -0.444 e. The predicted molar refractivity (Wildman–Crippen MR) is 97.3 cm³/mol. The zero-order valence-corrected chi connectivity index (χ0v) is 14.5. The highest BCUT2D eigenvalue weighted by Gasteiger charge is 2.25. The van der Waals surface area contributed by atoms with Crippen LogP contribution in [0.1, 0.15) is 36.7 Å². The standard InChI is InChI=1S/C19H21N3O3/c1-19(2,3)25-18(24)22-12-6-4-5-11(9-12)13-7-8-15(20)16-14(13)10-21-17(16)23/h4-9H,10,20H2,1-3H3,(H,21,23)(H,22,24). The fourth-order valence-corrected chi connectivity index (χ4v) is 2.83. The average Bonchev–Trinajstić information content (AvgIpc) is 2.89. The first-order valence-electron chi connectivity index (χ1n) is 8.04. The molecule has 1 heterocycles. The third-order valence-electron chi connectivity index (χ3n) is 3.82. The minimum absolute atomic E-state index is 0.155. The Morgan fingerprint density at radius 1 is 1.24 bits per heavy atom. The molecule has 0 radical (unpaired) electrons. The van der Waals surface area contributed by atoms with E-state index in [4.69, 9.17) is 10.5 Å². The van der Waals surface area contributed by atoms with Crippen LogP contribution in [-0.2, 0) is 11.3 Å². The highest BCUT2D eigenvalue weighted by molar-refractivity contribution is 6.05. The van der Waals surface area contributed by atoms with Crippen molar-refractivity contribution in [1.82, 2.24) is 5.32 Å².